The van der Waals surface area contributed by atoms with Crippen molar-refractivity contribution >= 4 is 23.3 Å². The molecule has 0 atom stereocenters. The molecule has 2 rings (SSSR count). The summed E-state index contributed by atoms with van der Waals surface area (Å²) in [4.78, 5) is 11.6. The van der Waals surface area contributed by atoms with Crippen LogP contribution in [0.15, 0.2) is 48.5 Å². The molecule has 0 aromatic heterocycles. The van der Waals surface area contributed by atoms with Gasteiger partial charge in [0, 0.05) is 5.69 Å². The lowest BCUT2D eigenvalue weighted by atomic mass is 10.0. The van der Waals surface area contributed by atoms with Gasteiger partial charge in [-0.2, -0.15) is 0 Å². The van der Waals surface area contributed by atoms with Crippen LogP contribution in [0.25, 0.3) is 11.6 Å². The molecule has 4 nitrogen and oxygen atoms in total. The summed E-state index contributed by atoms with van der Waals surface area (Å²) in [5.41, 5.74) is 7.87. The maximum atomic E-state index is 11.6. The second-order valence-electron chi connectivity index (χ2n) is 5.26. The molecule has 0 bridgehead atoms. The normalized spacial score (nSPS) is 11.3. The quantitative estimate of drug-likeness (QED) is 0.350. The fourth-order valence-electron chi connectivity index (χ4n) is 2.13. The monoisotopic (exact) mass is 311 g/mol. The van der Waals surface area contributed by atoms with Gasteiger partial charge in [0.1, 0.15) is 5.75 Å². The standard InChI is InChI=1S/C19H21NO3/c1-2-3-11-23-17-6-4-5-14(12-17)13-18(19(21)22)15-7-9-16(20)10-8-15/h4-10,12-13H,2-3,11,20H2,1H3,(H,21,22)/b18-13-. The maximum absolute atomic E-state index is 11.6. The average molecular weight is 311 g/mol. The smallest absolute Gasteiger partial charge is 0.336 e. The van der Waals surface area contributed by atoms with E-state index in [4.69, 9.17) is 10.5 Å². The maximum Gasteiger partial charge on any atom is 0.336 e. The van der Waals surface area contributed by atoms with Crippen LogP contribution in [0, 0.1) is 0 Å². The number of nitrogen functional groups attached to an aromatic ring is 1. The van der Waals surface area contributed by atoms with E-state index in [9.17, 15) is 9.90 Å². The molecule has 23 heavy (non-hydrogen) atoms. The second kappa shape index (κ2) is 8.03. The van der Waals surface area contributed by atoms with E-state index >= 15 is 0 Å². The lowest BCUT2D eigenvalue weighted by Crippen LogP contribution is -2.00. The van der Waals surface area contributed by atoms with Gasteiger partial charge in [0.05, 0.1) is 12.2 Å². The average Bonchev–Trinajstić information content (AvgIpc) is 2.54. The summed E-state index contributed by atoms with van der Waals surface area (Å²) in [5.74, 6) is -0.235. The molecule has 3 N–H and O–H groups in total. The van der Waals surface area contributed by atoms with Crippen molar-refractivity contribution in [3.63, 3.8) is 0 Å². The Morgan fingerprint density at radius 3 is 2.61 bits per heavy atom. The summed E-state index contributed by atoms with van der Waals surface area (Å²) >= 11 is 0. The van der Waals surface area contributed by atoms with Gasteiger partial charge in [-0.25, -0.2) is 4.79 Å². The van der Waals surface area contributed by atoms with Crippen molar-refractivity contribution in [2.75, 3.05) is 12.3 Å². The van der Waals surface area contributed by atoms with Crippen LogP contribution in [0.5, 0.6) is 5.75 Å². The number of carboxylic acids is 1. The zero-order valence-electron chi connectivity index (χ0n) is 13.2. The van der Waals surface area contributed by atoms with Crippen LogP contribution < -0.4 is 10.5 Å². The third kappa shape index (κ3) is 4.88. The molecular weight excluding hydrogens is 290 g/mol. The number of carbonyl (C=O) groups is 1. The van der Waals surface area contributed by atoms with E-state index in [1.165, 1.54) is 0 Å². The zero-order valence-corrected chi connectivity index (χ0v) is 13.2. The minimum Gasteiger partial charge on any atom is -0.494 e. The van der Waals surface area contributed by atoms with Gasteiger partial charge in [-0.1, -0.05) is 37.6 Å². The fraction of sp³-hybridized carbons (Fsp3) is 0.211. The van der Waals surface area contributed by atoms with Crippen molar-refractivity contribution in [3.05, 3.63) is 59.7 Å². The number of nitrogens with two attached hydrogens (primary N) is 1. The number of anilines is 1. The van der Waals surface area contributed by atoms with Gasteiger partial charge in [-0.15, -0.1) is 0 Å². The first-order chi connectivity index (χ1) is 11.1. The Labute approximate surface area is 136 Å². The van der Waals surface area contributed by atoms with E-state index in [0.29, 0.717) is 17.9 Å². The number of hydrogen-bond donors (Lipinski definition) is 2. The molecule has 4 heteroatoms. The third-order valence-corrected chi connectivity index (χ3v) is 3.39. The van der Waals surface area contributed by atoms with Gasteiger partial charge >= 0.3 is 5.97 Å². The predicted molar refractivity (Wildman–Crippen MR) is 93.2 cm³/mol. The van der Waals surface area contributed by atoms with Gasteiger partial charge < -0.3 is 15.6 Å². The number of benzene rings is 2. The first-order valence-electron chi connectivity index (χ1n) is 7.64. The zero-order chi connectivity index (χ0) is 16.7. The van der Waals surface area contributed by atoms with Gasteiger partial charge in [-0.05, 0) is 47.9 Å². The molecule has 0 saturated heterocycles. The van der Waals surface area contributed by atoms with Gasteiger partial charge in [0.15, 0.2) is 0 Å². The van der Waals surface area contributed by atoms with Crippen molar-refractivity contribution in [2.24, 2.45) is 0 Å². The highest BCUT2D eigenvalue weighted by molar-refractivity contribution is 6.20. The lowest BCUT2D eigenvalue weighted by molar-refractivity contribution is -0.130. The summed E-state index contributed by atoms with van der Waals surface area (Å²) in [7, 11) is 0. The number of unbranched alkanes of at least 4 members (excludes halogenated alkanes) is 1. The van der Waals surface area contributed by atoms with Crippen LogP contribution in [0.2, 0.25) is 0 Å². The summed E-state index contributed by atoms with van der Waals surface area (Å²) in [6.07, 6.45) is 3.70. The molecule has 0 spiro atoms. The molecule has 0 fully saturated rings. The molecule has 0 unspecified atom stereocenters. The molecule has 0 aliphatic heterocycles. The predicted octanol–water partition coefficient (Wildman–Crippen LogP) is 4.07. The van der Waals surface area contributed by atoms with Crippen molar-refractivity contribution in [1.29, 1.82) is 0 Å². The van der Waals surface area contributed by atoms with Crippen molar-refractivity contribution in [3.8, 4) is 5.75 Å². The highest BCUT2D eigenvalue weighted by Crippen LogP contribution is 2.22. The molecule has 2 aromatic carbocycles. The first-order valence-corrected chi connectivity index (χ1v) is 7.64. The Balaban J connectivity index is 2.27. The molecule has 2 aromatic rings. The second-order valence-corrected chi connectivity index (χ2v) is 5.26. The molecule has 0 aliphatic carbocycles. The minimum atomic E-state index is -0.980. The van der Waals surface area contributed by atoms with E-state index in [1.807, 2.05) is 24.3 Å². The van der Waals surface area contributed by atoms with Crippen molar-refractivity contribution in [2.45, 2.75) is 19.8 Å². The van der Waals surface area contributed by atoms with E-state index in [0.717, 1.165) is 24.2 Å². The Kier molecular flexibility index (Phi) is 5.80. The number of rotatable bonds is 7. The molecular formula is C19H21NO3. The van der Waals surface area contributed by atoms with Crippen LogP contribution in [-0.4, -0.2) is 17.7 Å². The molecule has 0 saturated carbocycles. The van der Waals surface area contributed by atoms with Crippen molar-refractivity contribution in [1.82, 2.24) is 0 Å². The van der Waals surface area contributed by atoms with E-state index < -0.39 is 5.97 Å². The van der Waals surface area contributed by atoms with Crippen LogP contribution in [0.4, 0.5) is 5.69 Å². The van der Waals surface area contributed by atoms with Gasteiger partial charge in [0.2, 0.25) is 0 Å². The number of carboxylic acid groups (broad SMARTS) is 1. The highest BCUT2D eigenvalue weighted by Gasteiger charge is 2.10. The Bertz CT molecular complexity index is 690. The molecule has 0 amide bonds. The summed E-state index contributed by atoms with van der Waals surface area (Å²) in [6.45, 7) is 2.77. The molecule has 0 aliphatic rings. The summed E-state index contributed by atoms with van der Waals surface area (Å²) in [5, 5.41) is 9.47. The largest absolute Gasteiger partial charge is 0.494 e. The Morgan fingerprint density at radius 1 is 1.22 bits per heavy atom. The van der Waals surface area contributed by atoms with Gasteiger partial charge in [0.25, 0.3) is 0 Å². The number of ether oxygens (including phenoxy) is 1. The molecule has 0 radical (unpaired) electrons. The fourth-order valence-corrected chi connectivity index (χ4v) is 2.13. The minimum absolute atomic E-state index is 0.218. The molecule has 0 heterocycles. The van der Waals surface area contributed by atoms with Gasteiger partial charge in [-0.3, -0.25) is 0 Å². The summed E-state index contributed by atoms with van der Waals surface area (Å²) < 4.78 is 5.66. The van der Waals surface area contributed by atoms with Crippen LogP contribution in [-0.2, 0) is 4.79 Å². The number of hydrogen-bond acceptors (Lipinski definition) is 3. The lowest BCUT2D eigenvalue weighted by Gasteiger charge is -2.07. The Morgan fingerprint density at radius 2 is 1.96 bits per heavy atom. The van der Waals surface area contributed by atoms with E-state index in [1.54, 1.807) is 30.3 Å². The number of aliphatic carboxylic acids is 1. The highest BCUT2D eigenvalue weighted by atomic mass is 16.5. The van der Waals surface area contributed by atoms with E-state index in [-0.39, 0.29) is 5.57 Å². The van der Waals surface area contributed by atoms with Crippen LogP contribution in [0.1, 0.15) is 30.9 Å². The first kappa shape index (κ1) is 16.6. The Hall–Kier alpha value is -2.75. The van der Waals surface area contributed by atoms with Crippen LogP contribution in [0.3, 0.4) is 0 Å². The SMILES string of the molecule is CCCCOc1cccc(/C=C(\C(=O)O)c2ccc(N)cc2)c1. The third-order valence-electron chi connectivity index (χ3n) is 3.39. The van der Waals surface area contributed by atoms with Crippen molar-refractivity contribution < 1.29 is 14.6 Å². The van der Waals surface area contributed by atoms with E-state index in [2.05, 4.69) is 6.92 Å². The topological polar surface area (TPSA) is 72.5 Å². The summed E-state index contributed by atoms with van der Waals surface area (Å²) in [6, 6.07) is 14.2. The molecule has 120 valence electrons. The van der Waals surface area contributed by atoms with Crippen LogP contribution >= 0.6 is 0 Å².